The third-order valence-corrected chi connectivity index (χ3v) is 1.71. The second kappa shape index (κ2) is 5.37. The van der Waals surface area contributed by atoms with Crippen LogP contribution in [0.4, 0.5) is 5.95 Å². The lowest BCUT2D eigenvalue weighted by Crippen LogP contribution is -2.03. The van der Waals surface area contributed by atoms with Crippen molar-refractivity contribution >= 4 is 11.5 Å². The first-order valence-electron chi connectivity index (χ1n) is 4.79. The summed E-state index contributed by atoms with van der Waals surface area (Å²) in [5.74, 6) is 0.329. The molecule has 0 aliphatic carbocycles. The predicted octanol–water partition coefficient (Wildman–Crippen LogP) is 2.73. The molecule has 3 nitrogen and oxygen atoms in total. The number of aryl methyl sites for hydroxylation is 2. The lowest BCUT2D eigenvalue weighted by molar-refractivity contribution is 1.05. The molecule has 0 atom stereocenters. The summed E-state index contributed by atoms with van der Waals surface area (Å²) in [4.78, 5) is 8.12. The first-order valence-corrected chi connectivity index (χ1v) is 4.79. The number of aromatic nitrogens is 2. The molecule has 1 heterocycles. The molecule has 0 spiro atoms. The van der Waals surface area contributed by atoms with E-state index in [2.05, 4.69) is 16.5 Å². The van der Waals surface area contributed by atoms with Crippen molar-refractivity contribution in [2.24, 2.45) is 0 Å². The lowest BCUT2D eigenvalue weighted by Gasteiger charge is -2.07. The average Bonchev–Trinajstić information content (AvgIpc) is 2.04. The minimum Gasteiger partial charge on any atom is -0.368 e. The van der Waals surface area contributed by atoms with E-state index in [0.717, 1.165) is 22.5 Å². The molecule has 0 unspecified atom stereocenters. The normalized spacial score (nSPS) is 8.93. The van der Waals surface area contributed by atoms with Gasteiger partial charge in [-0.3, -0.25) is 0 Å². The van der Waals surface area contributed by atoms with Crippen LogP contribution in [-0.2, 0) is 0 Å². The van der Waals surface area contributed by atoms with Crippen LogP contribution in [0.3, 0.4) is 0 Å². The van der Waals surface area contributed by atoms with Crippen molar-refractivity contribution in [3.05, 3.63) is 23.5 Å². The quantitative estimate of drug-likeness (QED) is 0.746. The molecule has 14 heavy (non-hydrogen) atoms. The van der Waals surface area contributed by atoms with Crippen molar-refractivity contribution in [1.29, 1.82) is 0 Å². The van der Waals surface area contributed by atoms with Gasteiger partial charge in [-0.1, -0.05) is 20.4 Å². The molecular weight excluding hydrogens is 174 g/mol. The van der Waals surface area contributed by atoms with Gasteiger partial charge in [0.15, 0.2) is 0 Å². The molecule has 0 amide bonds. The molecule has 0 bridgehead atoms. The molecule has 0 aliphatic rings. The Kier molecular flexibility index (Phi) is 4.84. The van der Waals surface area contributed by atoms with Gasteiger partial charge in [-0.2, -0.15) is 0 Å². The Balaban J connectivity index is 0.000000791. The van der Waals surface area contributed by atoms with E-state index in [4.69, 9.17) is 5.73 Å². The molecule has 0 fully saturated rings. The zero-order chi connectivity index (χ0) is 11.3. The number of hydrogen-bond donors (Lipinski definition) is 1. The van der Waals surface area contributed by atoms with Crippen molar-refractivity contribution < 1.29 is 0 Å². The standard InChI is InChI=1S/C9H13N3.C2H6/c1-5(2)8-6(3)11-9(10)12-7(8)4;1-2/h1H2,2-4H3,(H2,10,11,12);1-2H3. The topological polar surface area (TPSA) is 51.8 Å². The van der Waals surface area contributed by atoms with Gasteiger partial charge in [0, 0.05) is 5.56 Å². The van der Waals surface area contributed by atoms with Crippen LogP contribution in [-0.4, -0.2) is 9.97 Å². The fraction of sp³-hybridized carbons (Fsp3) is 0.455. The summed E-state index contributed by atoms with van der Waals surface area (Å²) in [6, 6.07) is 0. The highest BCUT2D eigenvalue weighted by Gasteiger charge is 2.06. The lowest BCUT2D eigenvalue weighted by atomic mass is 10.1. The maximum atomic E-state index is 5.48. The van der Waals surface area contributed by atoms with Crippen molar-refractivity contribution in [2.45, 2.75) is 34.6 Å². The second-order valence-corrected chi connectivity index (χ2v) is 2.91. The summed E-state index contributed by atoms with van der Waals surface area (Å²) in [6.45, 7) is 13.6. The van der Waals surface area contributed by atoms with Gasteiger partial charge in [0.05, 0.1) is 11.4 Å². The van der Waals surface area contributed by atoms with Crippen molar-refractivity contribution in [3.63, 3.8) is 0 Å². The molecule has 0 aromatic carbocycles. The van der Waals surface area contributed by atoms with Gasteiger partial charge in [-0.25, -0.2) is 9.97 Å². The number of nitrogen functional groups attached to an aromatic ring is 1. The van der Waals surface area contributed by atoms with Crippen LogP contribution in [0.1, 0.15) is 37.7 Å². The van der Waals surface area contributed by atoms with Crippen molar-refractivity contribution in [3.8, 4) is 0 Å². The van der Waals surface area contributed by atoms with Gasteiger partial charge in [0.25, 0.3) is 0 Å². The van der Waals surface area contributed by atoms with E-state index in [0.29, 0.717) is 5.95 Å². The molecule has 0 saturated heterocycles. The van der Waals surface area contributed by atoms with Crippen LogP contribution < -0.4 is 5.73 Å². The third kappa shape index (κ3) is 2.83. The fourth-order valence-corrected chi connectivity index (χ4v) is 1.36. The van der Waals surface area contributed by atoms with E-state index in [9.17, 15) is 0 Å². The highest BCUT2D eigenvalue weighted by Crippen LogP contribution is 2.18. The Morgan fingerprint density at radius 2 is 1.50 bits per heavy atom. The number of hydrogen-bond acceptors (Lipinski definition) is 3. The number of nitrogens with zero attached hydrogens (tertiary/aromatic N) is 2. The molecule has 0 radical (unpaired) electrons. The Morgan fingerprint density at radius 1 is 1.14 bits per heavy atom. The summed E-state index contributed by atoms with van der Waals surface area (Å²) in [6.07, 6.45) is 0. The van der Waals surface area contributed by atoms with Gasteiger partial charge in [0.2, 0.25) is 5.95 Å². The van der Waals surface area contributed by atoms with Crippen molar-refractivity contribution in [1.82, 2.24) is 9.97 Å². The number of anilines is 1. The molecule has 0 saturated carbocycles. The first-order chi connectivity index (χ1) is 6.52. The monoisotopic (exact) mass is 193 g/mol. The Bertz CT molecular complexity index is 306. The molecule has 1 aromatic rings. The highest BCUT2D eigenvalue weighted by molar-refractivity contribution is 5.65. The SMILES string of the molecule is C=C(C)c1c(C)nc(N)nc1C.CC. The minimum absolute atomic E-state index is 0.329. The predicted molar refractivity (Wildman–Crippen MR) is 62.0 cm³/mol. The Labute approximate surface area is 86.1 Å². The van der Waals surface area contributed by atoms with E-state index in [-0.39, 0.29) is 0 Å². The average molecular weight is 193 g/mol. The first kappa shape index (κ1) is 12.6. The van der Waals surface area contributed by atoms with E-state index in [1.807, 2.05) is 34.6 Å². The largest absolute Gasteiger partial charge is 0.368 e. The molecule has 1 rings (SSSR count). The zero-order valence-electron chi connectivity index (χ0n) is 9.68. The number of allylic oxidation sites excluding steroid dienone is 1. The zero-order valence-corrected chi connectivity index (χ0v) is 9.68. The molecule has 78 valence electrons. The molecule has 3 heteroatoms. The van der Waals surface area contributed by atoms with E-state index in [1.54, 1.807) is 0 Å². The van der Waals surface area contributed by atoms with Crippen LogP contribution in [0, 0.1) is 13.8 Å². The maximum absolute atomic E-state index is 5.48. The molecule has 0 aliphatic heterocycles. The van der Waals surface area contributed by atoms with Gasteiger partial charge >= 0.3 is 0 Å². The summed E-state index contributed by atoms with van der Waals surface area (Å²) in [7, 11) is 0. The smallest absolute Gasteiger partial charge is 0.220 e. The van der Waals surface area contributed by atoms with Crippen LogP contribution >= 0.6 is 0 Å². The Hall–Kier alpha value is -1.38. The van der Waals surface area contributed by atoms with Crippen LogP contribution in [0.25, 0.3) is 5.57 Å². The maximum Gasteiger partial charge on any atom is 0.220 e. The van der Waals surface area contributed by atoms with Crippen molar-refractivity contribution in [2.75, 3.05) is 5.73 Å². The number of nitrogens with two attached hydrogens (primary N) is 1. The summed E-state index contributed by atoms with van der Waals surface area (Å²) < 4.78 is 0. The van der Waals surface area contributed by atoms with Gasteiger partial charge in [0.1, 0.15) is 0 Å². The summed E-state index contributed by atoms with van der Waals surface area (Å²) in [5.41, 5.74) is 9.26. The van der Waals surface area contributed by atoms with E-state index in [1.165, 1.54) is 0 Å². The van der Waals surface area contributed by atoms with Crippen LogP contribution in [0.5, 0.6) is 0 Å². The van der Waals surface area contributed by atoms with E-state index >= 15 is 0 Å². The van der Waals surface area contributed by atoms with Gasteiger partial charge < -0.3 is 5.73 Å². The number of rotatable bonds is 1. The second-order valence-electron chi connectivity index (χ2n) is 2.91. The fourth-order valence-electron chi connectivity index (χ4n) is 1.36. The summed E-state index contributed by atoms with van der Waals surface area (Å²) in [5, 5.41) is 0. The third-order valence-electron chi connectivity index (χ3n) is 1.71. The minimum atomic E-state index is 0.329. The highest BCUT2D eigenvalue weighted by atomic mass is 15.0. The molecular formula is C11H19N3. The summed E-state index contributed by atoms with van der Waals surface area (Å²) >= 11 is 0. The van der Waals surface area contributed by atoms with Crippen LogP contribution in [0.2, 0.25) is 0 Å². The van der Waals surface area contributed by atoms with Crippen LogP contribution in [0.15, 0.2) is 6.58 Å². The van der Waals surface area contributed by atoms with E-state index < -0.39 is 0 Å². The van der Waals surface area contributed by atoms with Gasteiger partial charge in [-0.15, -0.1) is 0 Å². The molecule has 1 aromatic heterocycles. The van der Waals surface area contributed by atoms with Gasteiger partial charge in [-0.05, 0) is 26.3 Å². The molecule has 2 N–H and O–H groups in total. The Morgan fingerprint density at radius 3 is 1.79 bits per heavy atom.